The third-order valence-corrected chi connectivity index (χ3v) is 0.543. The van der Waals surface area contributed by atoms with Crippen LogP contribution in [0.2, 0.25) is 0 Å². The minimum Gasteiger partial charge on any atom is -0.330 e. The van der Waals surface area contributed by atoms with Gasteiger partial charge >= 0.3 is 6.10 Å². The summed E-state index contributed by atoms with van der Waals surface area (Å²) in [7, 11) is 2.15. The summed E-state index contributed by atoms with van der Waals surface area (Å²) in [5.41, 5.74) is 0. The van der Waals surface area contributed by atoms with Crippen molar-refractivity contribution in [2.24, 2.45) is 0 Å². The zero-order valence-corrected chi connectivity index (χ0v) is 4.78. The van der Waals surface area contributed by atoms with Gasteiger partial charge in [-0.15, -0.1) is 9.24 Å². The van der Waals surface area contributed by atoms with E-state index in [1.807, 2.05) is 5.32 Å². The van der Waals surface area contributed by atoms with E-state index in [9.17, 15) is 0 Å². The van der Waals surface area contributed by atoms with E-state index in [0.717, 1.165) is 0 Å². The molecule has 0 amide bonds. The van der Waals surface area contributed by atoms with Gasteiger partial charge in [-0.05, 0) is 0 Å². The van der Waals surface area contributed by atoms with Gasteiger partial charge in [-0.2, -0.15) is 0 Å². The van der Waals surface area contributed by atoms with E-state index in [2.05, 4.69) is 9.24 Å². The van der Waals surface area contributed by atoms with E-state index in [1.54, 1.807) is 0 Å². The number of aliphatic hydroxyl groups is 3. The minimum absolute atomic E-state index is 0.226. The Morgan fingerprint density at radius 3 is 1.86 bits per heavy atom. The van der Waals surface area contributed by atoms with Crippen molar-refractivity contribution in [1.29, 1.82) is 0 Å². The predicted molar refractivity (Wildman–Crippen MR) is 27.1 cm³/mol. The normalized spacial score (nSPS) is 12.0. The molecular formula is C2H8NO3P. The summed E-state index contributed by atoms with van der Waals surface area (Å²) in [4.78, 5) is 0. The fourth-order valence-electron chi connectivity index (χ4n) is 0.137. The van der Waals surface area contributed by atoms with Gasteiger partial charge in [0.1, 0.15) is 0 Å². The van der Waals surface area contributed by atoms with Crippen LogP contribution in [0.15, 0.2) is 0 Å². The number of hydrogen-bond acceptors (Lipinski definition) is 4. The lowest BCUT2D eigenvalue weighted by Crippen LogP contribution is -2.43. The molecule has 0 rings (SSSR count). The maximum Gasteiger partial charge on any atom is 0.343 e. The quantitative estimate of drug-likeness (QED) is 0.254. The number of hydrogen-bond donors (Lipinski definition) is 4. The van der Waals surface area contributed by atoms with Gasteiger partial charge < -0.3 is 15.3 Å². The molecule has 0 aliphatic carbocycles. The van der Waals surface area contributed by atoms with E-state index in [0.29, 0.717) is 0 Å². The Morgan fingerprint density at radius 2 is 1.86 bits per heavy atom. The number of nitrogens with one attached hydrogen (secondary N) is 1. The lowest BCUT2D eigenvalue weighted by atomic mass is 10.9. The molecule has 0 bridgehead atoms. The van der Waals surface area contributed by atoms with Crippen molar-refractivity contribution in [3.8, 4) is 0 Å². The molecule has 1 unspecified atom stereocenters. The molecule has 0 aliphatic rings. The summed E-state index contributed by atoms with van der Waals surface area (Å²) in [6.45, 7) is 0. The third-order valence-electron chi connectivity index (χ3n) is 0.339. The molecule has 0 saturated carbocycles. The molecular weight excluding hydrogens is 117 g/mol. The monoisotopic (exact) mass is 125 g/mol. The standard InChI is InChI=1S/C2H8NO3P/c4-2(5,6)3-1-7/h3-6H,1,7H2. The molecule has 7 heavy (non-hydrogen) atoms. The lowest BCUT2D eigenvalue weighted by Gasteiger charge is -2.12. The first-order valence-corrected chi connectivity index (χ1v) is 2.50. The Balaban J connectivity index is 3.15. The highest BCUT2D eigenvalue weighted by Gasteiger charge is 2.13. The zero-order chi connectivity index (χ0) is 5.91. The molecule has 5 heteroatoms. The highest BCUT2D eigenvalue weighted by atomic mass is 31.0. The SMILES string of the molecule is OC(O)(O)NCP. The molecule has 0 heterocycles. The van der Waals surface area contributed by atoms with Crippen LogP contribution in [0.4, 0.5) is 0 Å². The molecule has 0 fully saturated rings. The molecule has 44 valence electrons. The highest BCUT2D eigenvalue weighted by Crippen LogP contribution is 1.84. The fraction of sp³-hybridized carbons (Fsp3) is 1.00. The van der Waals surface area contributed by atoms with Crippen LogP contribution in [-0.2, 0) is 0 Å². The van der Waals surface area contributed by atoms with Crippen LogP contribution in [0.5, 0.6) is 0 Å². The van der Waals surface area contributed by atoms with E-state index in [-0.39, 0.29) is 6.29 Å². The van der Waals surface area contributed by atoms with Gasteiger partial charge in [-0.3, -0.25) is 0 Å². The minimum atomic E-state index is -2.72. The Labute approximate surface area is 43.4 Å². The van der Waals surface area contributed by atoms with Gasteiger partial charge in [-0.1, -0.05) is 0 Å². The summed E-state index contributed by atoms with van der Waals surface area (Å²) >= 11 is 0. The van der Waals surface area contributed by atoms with Crippen molar-refractivity contribution in [2.75, 3.05) is 6.29 Å². The van der Waals surface area contributed by atoms with Crippen LogP contribution in [0, 0.1) is 0 Å². The van der Waals surface area contributed by atoms with Gasteiger partial charge in [0.05, 0.1) is 0 Å². The lowest BCUT2D eigenvalue weighted by molar-refractivity contribution is -0.329. The molecule has 0 aliphatic heterocycles. The molecule has 0 aromatic carbocycles. The second-order valence-corrected chi connectivity index (χ2v) is 1.42. The molecule has 0 aromatic heterocycles. The summed E-state index contributed by atoms with van der Waals surface area (Å²) in [5.74, 6) is 0. The fourth-order valence-corrected chi connectivity index (χ4v) is 0.411. The third kappa shape index (κ3) is 6.27. The first kappa shape index (κ1) is 7.27. The topological polar surface area (TPSA) is 72.7 Å². The van der Waals surface area contributed by atoms with Crippen molar-refractivity contribution in [3.63, 3.8) is 0 Å². The summed E-state index contributed by atoms with van der Waals surface area (Å²) in [6.07, 6.45) is -2.49. The number of rotatable bonds is 2. The smallest absolute Gasteiger partial charge is 0.330 e. The molecule has 0 radical (unpaired) electrons. The summed E-state index contributed by atoms with van der Waals surface area (Å²) < 4.78 is 0. The first-order chi connectivity index (χ1) is 3.06. The van der Waals surface area contributed by atoms with E-state index < -0.39 is 6.10 Å². The maximum absolute atomic E-state index is 8.00. The maximum atomic E-state index is 8.00. The van der Waals surface area contributed by atoms with Crippen LogP contribution in [0.25, 0.3) is 0 Å². The van der Waals surface area contributed by atoms with Crippen LogP contribution in [0.3, 0.4) is 0 Å². The van der Waals surface area contributed by atoms with Gasteiger partial charge in [0.15, 0.2) is 0 Å². The van der Waals surface area contributed by atoms with Crippen molar-refractivity contribution < 1.29 is 15.3 Å². The molecule has 0 saturated heterocycles. The average molecular weight is 125 g/mol. The second kappa shape index (κ2) is 2.55. The van der Waals surface area contributed by atoms with Crippen LogP contribution in [0.1, 0.15) is 0 Å². The van der Waals surface area contributed by atoms with Crippen molar-refractivity contribution in [3.05, 3.63) is 0 Å². The van der Waals surface area contributed by atoms with E-state index in [1.165, 1.54) is 0 Å². The van der Waals surface area contributed by atoms with Crippen LogP contribution in [-0.4, -0.2) is 27.7 Å². The zero-order valence-electron chi connectivity index (χ0n) is 3.63. The van der Waals surface area contributed by atoms with E-state index >= 15 is 0 Å². The van der Waals surface area contributed by atoms with Gasteiger partial charge in [0, 0.05) is 6.29 Å². The van der Waals surface area contributed by atoms with Gasteiger partial charge in [0.25, 0.3) is 0 Å². The Hall–Kier alpha value is 0.270. The first-order valence-electron chi connectivity index (χ1n) is 1.68. The average Bonchev–Trinajstić information content (AvgIpc) is 1.30. The second-order valence-electron chi connectivity index (χ2n) is 1.02. The molecule has 0 aromatic rings. The molecule has 4 N–H and O–H groups in total. The van der Waals surface area contributed by atoms with Crippen molar-refractivity contribution in [2.45, 2.75) is 6.10 Å². The van der Waals surface area contributed by atoms with Crippen LogP contribution >= 0.6 is 9.24 Å². The van der Waals surface area contributed by atoms with Crippen molar-refractivity contribution >= 4 is 9.24 Å². The van der Waals surface area contributed by atoms with Gasteiger partial charge in [0.2, 0.25) is 0 Å². The van der Waals surface area contributed by atoms with Crippen LogP contribution < -0.4 is 5.32 Å². The molecule has 0 spiro atoms. The van der Waals surface area contributed by atoms with E-state index in [4.69, 9.17) is 15.3 Å². The Kier molecular flexibility index (Phi) is 2.64. The molecule has 1 atom stereocenters. The van der Waals surface area contributed by atoms with Gasteiger partial charge in [-0.25, -0.2) is 5.32 Å². The summed E-state index contributed by atoms with van der Waals surface area (Å²) in [5, 5.41) is 25.9. The highest BCUT2D eigenvalue weighted by molar-refractivity contribution is 7.16. The van der Waals surface area contributed by atoms with Crippen molar-refractivity contribution in [1.82, 2.24) is 5.32 Å². The summed E-state index contributed by atoms with van der Waals surface area (Å²) in [6, 6.07) is 0. The predicted octanol–water partition coefficient (Wildman–Crippen LogP) is -2.00. The Morgan fingerprint density at radius 1 is 1.43 bits per heavy atom. The largest absolute Gasteiger partial charge is 0.343 e. The molecule has 4 nitrogen and oxygen atoms in total. The Bertz CT molecular complexity index is 51.4.